The molecule has 0 aliphatic carbocycles. The summed E-state index contributed by atoms with van der Waals surface area (Å²) in [7, 11) is 1.40. The Bertz CT molecular complexity index is 1010. The third kappa shape index (κ3) is 7.33. The second-order valence-corrected chi connectivity index (χ2v) is 7.17. The quantitative estimate of drug-likeness (QED) is 0.406. The average Bonchev–Trinajstić information content (AvgIpc) is 2.80. The Morgan fingerprint density at radius 1 is 0.903 bits per heavy atom. The van der Waals surface area contributed by atoms with E-state index in [2.05, 4.69) is 48.2 Å². The van der Waals surface area contributed by atoms with Crippen LogP contribution in [0.15, 0.2) is 78.9 Å². The molecule has 4 nitrogen and oxygen atoms in total. The minimum Gasteiger partial charge on any atom is -0.493 e. The predicted molar refractivity (Wildman–Crippen MR) is 121 cm³/mol. The highest BCUT2D eigenvalue weighted by molar-refractivity contribution is 5.72. The van der Waals surface area contributed by atoms with Gasteiger partial charge in [-0.1, -0.05) is 66.4 Å². The molecule has 1 N–H and O–H groups in total. The molecule has 0 saturated carbocycles. The normalized spacial score (nSPS) is 11.3. The highest BCUT2D eigenvalue weighted by Gasteiger charge is 2.16. The Balaban J connectivity index is 1.42. The number of carboxylic acid groups (broad SMARTS) is 1. The molecule has 0 heterocycles. The molecule has 158 valence electrons. The van der Waals surface area contributed by atoms with Gasteiger partial charge in [0.15, 0.2) is 6.10 Å². The zero-order chi connectivity index (χ0) is 21.9. The van der Waals surface area contributed by atoms with E-state index >= 15 is 0 Å². The third-order valence-electron chi connectivity index (χ3n) is 4.84. The molecule has 0 aliphatic heterocycles. The minimum atomic E-state index is -0.961. The Hall–Kier alpha value is -3.55. The summed E-state index contributed by atoms with van der Waals surface area (Å²) < 4.78 is 10.7. The first-order valence-corrected chi connectivity index (χ1v) is 10.2. The van der Waals surface area contributed by atoms with Gasteiger partial charge in [-0.25, -0.2) is 4.79 Å². The van der Waals surface area contributed by atoms with Crippen LogP contribution in [0.2, 0.25) is 0 Å². The molecule has 0 amide bonds. The predicted octanol–water partition coefficient (Wildman–Crippen LogP) is 4.74. The van der Waals surface area contributed by atoms with E-state index in [0.29, 0.717) is 19.4 Å². The van der Waals surface area contributed by atoms with E-state index in [1.54, 1.807) is 0 Å². The van der Waals surface area contributed by atoms with Gasteiger partial charge in [0.1, 0.15) is 5.75 Å². The van der Waals surface area contributed by atoms with E-state index in [1.807, 2.05) is 42.5 Å². The summed E-state index contributed by atoms with van der Waals surface area (Å²) >= 11 is 0. The Morgan fingerprint density at radius 2 is 1.55 bits per heavy atom. The van der Waals surface area contributed by atoms with Gasteiger partial charge in [0, 0.05) is 25.5 Å². The number of aliphatic carboxylic acids is 1. The van der Waals surface area contributed by atoms with Crippen LogP contribution < -0.4 is 4.74 Å². The first kappa shape index (κ1) is 22.1. The van der Waals surface area contributed by atoms with Crippen molar-refractivity contribution in [2.45, 2.75) is 25.4 Å². The number of carbonyl (C=O) groups is 1. The van der Waals surface area contributed by atoms with Gasteiger partial charge in [0.25, 0.3) is 0 Å². The van der Waals surface area contributed by atoms with E-state index in [-0.39, 0.29) is 0 Å². The lowest BCUT2D eigenvalue weighted by atomic mass is 10.1. The molecule has 3 rings (SSSR count). The fraction of sp³-hybridized carbons (Fsp3) is 0.222. The van der Waals surface area contributed by atoms with Crippen LogP contribution in [0.25, 0.3) is 0 Å². The number of hydrogen-bond acceptors (Lipinski definition) is 3. The number of hydrogen-bond donors (Lipinski definition) is 1. The summed E-state index contributed by atoms with van der Waals surface area (Å²) in [6.45, 7) is 0.525. The standard InChI is InChI=1S/C27H26O4/c1-30-26(27(28)29)20-24-12-10-21(11-13-24)7-5-6-18-31-25-16-14-23(15-17-25)19-22-8-3-2-4-9-22/h2-4,8-17,26H,6,18-20H2,1H3,(H,28,29). The van der Waals surface area contributed by atoms with Crippen molar-refractivity contribution in [3.05, 3.63) is 101 Å². The summed E-state index contributed by atoms with van der Waals surface area (Å²) in [4.78, 5) is 11.0. The number of carboxylic acids is 1. The van der Waals surface area contributed by atoms with Crippen molar-refractivity contribution in [2.75, 3.05) is 13.7 Å². The molecule has 3 aromatic rings. The third-order valence-corrected chi connectivity index (χ3v) is 4.84. The van der Waals surface area contributed by atoms with Gasteiger partial charge < -0.3 is 14.6 Å². The molecule has 0 aliphatic rings. The van der Waals surface area contributed by atoms with Crippen molar-refractivity contribution < 1.29 is 19.4 Å². The van der Waals surface area contributed by atoms with Crippen LogP contribution in [0.1, 0.15) is 28.7 Å². The first-order valence-electron chi connectivity index (χ1n) is 10.2. The molecule has 0 aromatic heterocycles. The second kappa shape index (κ2) is 11.6. The number of ether oxygens (including phenoxy) is 2. The lowest BCUT2D eigenvalue weighted by molar-refractivity contribution is -0.148. The summed E-state index contributed by atoms with van der Waals surface area (Å²) in [5, 5.41) is 9.05. The Labute approximate surface area is 183 Å². The van der Waals surface area contributed by atoms with Gasteiger partial charge in [-0.3, -0.25) is 0 Å². The zero-order valence-corrected chi connectivity index (χ0v) is 17.6. The van der Waals surface area contributed by atoms with Crippen molar-refractivity contribution in [2.24, 2.45) is 0 Å². The molecule has 1 unspecified atom stereocenters. The van der Waals surface area contributed by atoms with Crippen molar-refractivity contribution in [1.82, 2.24) is 0 Å². The highest BCUT2D eigenvalue weighted by atomic mass is 16.5. The van der Waals surface area contributed by atoms with E-state index in [9.17, 15) is 4.79 Å². The van der Waals surface area contributed by atoms with E-state index in [0.717, 1.165) is 23.3 Å². The Kier molecular flexibility index (Phi) is 8.28. The molecule has 31 heavy (non-hydrogen) atoms. The van der Waals surface area contributed by atoms with E-state index in [1.165, 1.54) is 18.2 Å². The monoisotopic (exact) mass is 414 g/mol. The molecule has 1 atom stereocenters. The molecule has 4 heteroatoms. The lowest BCUT2D eigenvalue weighted by Gasteiger charge is -2.10. The van der Waals surface area contributed by atoms with Gasteiger partial charge in [-0.15, -0.1) is 0 Å². The zero-order valence-electron chi connectivity index (χ0n) is 17.6. The summed E-state index contributed by atoms with van der Waals surface area (Å²) in [6.07, 6.45) is 1.03. The van der Waals surface area contributed by atoms with Crippen molar-refractivity contribution >= 4 is 5.97 Å². The molecule has 3 aromatic carbocycles. The van der Waals surface area contributed by atoms with Gasteiger partial charge >= 0.3 is 5.97 Å². The van der Waals surface area contributed by atoms with Crippen LogP contribution >= 0.6 is 0 Å². The maximum absolute atomic E-state index is 11.0. The molecular formula is C27H26O4. The summed E-state index contributed by atoms with van der Waals surface area (Å²) in [5.74, 6) is 6.10. The van der Waals surface area contributed by atoms with Gasteiger partial charge in [-0.2, -0.15) is 0 Å². The number of benzene rings is 3. The number of rotatable bonds is 9. The van der Waals surface area contributed by atoms with Crippen LogP contribution in [-0.2, 0) is 22.4 Å². The van der Waals surface area contributed by atoms with Crippen molar-refractivity contribution in [1.29, 1.82) is 0 Å². The largest absolute Gasteiger partial charge is 0.493 e. The number of methoxy groups -OCH3 is 1. The maximum atomic E-state index is 11.0. The average molecular weight is 415 g/mol. The summed E-state index contributed by atoms with van der Waals surface area (Å²) in [5.41, 5.74) is 4.33. The van der Waals surface area contributed by atoms with Crippen LogP contribution in [0, 0.1) is 11.8 Å². The summed E-state index contributed by atoms with van der Waals surface area (Å²) in [6, 6.07) is 26.1. The highest BCUT2D eigenvalue weighted by Crippen LogP contribution is 2.15. The van der Waals surface area contributed by atoms with Crippen molar-refractivity contribution in [3.63, 3.8) is 0 Å². The van der Waals surface area contributed by atoms with Crippen molar-refractivity contribution in [3.8, 4) is 17.6 Å². The second-order valence-electron chi connectivity index (χ2n) is 7.17. The van der Waals surface area contributed by atoms with Crippen LogP contribution in [0.5, 0.6) is 5.75 Å². The van der Waals surface area contributed by atoms with Gasteiger partial charge in [0.2, 0.25) is 0 Å². The maximum Gasteiger partial charge on any atom is 0.333 e. The molecule has 0 spiro atoms. The first-order chi connectivity index (χ1) is 15.1. The molecular weight excluding hydrogens is 388 g/mol. The SMILES string of the molecule is COC(Cc1ccc(C#CCCOc2ccc(Cc3ccccc3)cc2)cc1)C(=O)O. The van der Waals surface area contributed by atoms with E-state index in [4.69, 9.17) is 14.6 Å². The van der Waals surface area contributed by atoms with E-state index < -0.39 is 12.1 Å². The minimum absolute atomic E-state index is 0.331. The van der Waals surface area contributed by atoms with Crippen LogP contribution in [0.4, 0.5) is 0 Å². The molecule has 0 bridgehead atoms. The van der Waals surface area contributed by atoms with Gasteiger partial charge in [-0.05, 0) is 47.4 Å². The van der Waals surface area contributed by atoms with Gasteiger partial charge in [0.05, 0.1) is 6.61 Å². The van der Waals surface area contributed by atoms with Crippen LogP contribution in [0.3, 0.4) is 0 Å². The smallest absolute Gasteiger partial charge is 0.333 e. The fourth-order valence-corrected chi connectivity index (χ4v) is 3.13. The molecule has 0 saturated heterocycles. The molecule has 0 fully saturated rings. The topological polar surface area (TPSA) is 55.8 Å². The molecule has 0 radical (unpaired) electrons. The fourth-order valence-electron chi connectivity index (χ4n) is 3.13. The lowest BCUT2D eigenvalue weighted by Crippen LogP contribution is -2.24. The Morgan fingerprint density at radius 3 is 2.19 bits per heavy atom. The van der Waals surface area contributed by atoms with Crippen LogP contribution in [-0.4, -0.2) is 30.9 Å².